The maximum absolute atomic E-state index is 9.12. The van der Waals surface area contributed by atoms with E-state index in [1.54, 1.807) is 12.2 Å². The number of allylic oxidation sites excluding steroid dienone is 2. The van der Waals surface area contributed by atoms with Gasteiger partial charge in [-0.15, -0.1) is 0 Å². The molecule has 92 valence electrons. The lowest BCUT2D eigenvalue weighted by Crippen LogP contribution is -1.98. The van der Waals surface area contributed by atoms with Crippen molar-refractivity contribution in [3.63, 3.8) is 0 Å². The van der Waals surface area contributed by atoms with E-state index in [0.717, 1.165) is 0 Å². The molecule has 0 aliphatic rings. The zero-order valence-electron chi connectivity index (χ0n) is 9.75. The molecule has 17 heavy (non-hydrogen) atoms. The zero-order valence-corrected chi connectivity index (χ0v) is 9.75. The minimum absolute atomic E-state index is 0.778. The molecule has 3 heteroatoms. The summed E-state index contributed by atoms with van der Waals surface area (Å²) in [6.07, 6.45) is 5.11. The molecule has 0 aliphatic carbocycles. The van der Waals surface area contributed by atoms with Crippen LogP contribution in [0.1, 0.15) is 5.56 Å². The third-order valence-corrected chi connectivity index (χ3v) is 1.34. The van der Waals surface area contributed by atoms with Crippen molar-refractivity contribution in [1.82, 2.24) is 0 Å². The number of benzene rings is 1. The number of carbonyl (C=O) groups is 1. The lowest BCUT2D eigenvalue weighted by Gasteiger charge is -1.85. The van der Waals surface area contributed by atoms with E-state index in [2.05, 4.69) is 19.7 Å². The standard InChI is InChI=1S/C8H8.C4H6.C2H4O3/c1-2-8-6-4-3-5-7-8;1-3-4-2;3-1-2(4)5/h2-7H,1H2;3-4H,1-2H2;3H,1H2,(H,4,5). The SMILES string of the molecule is C=CC=C.C=Cc1ccccc1.O=C(O)CO. The molecule has 0 bridgehead atoms. The van der Waals surface area contributed by atoms with Gasteiger partial charge in [-0.25, -0.2) is 4.79 Å². The molecule has 1 aromatic carbocycles. The Morgan fingerprint density at radius 2 is 1.53 bits per heavy atom. The molecule has 0 aromatic heterocycles. The van der Waals surface area contributed by atoms with E-state index in [1.807, 2.05) is 36.4 Å². The summed E-state index contributed by atoms with van der Waals surface area (Å²) in [5.74, 6) is -1.19. The molecular weight excluding hydrogens is 216 g/mol. The molecule has 0 saturated heterocycles. The Balaban J connectivity index is 0. The molecule has 0 heterocycles. The van der Waals surface area contributed by atoms with Crippen LogP contribution in [0.25, 0.3) is 6.08 Å². The maximum atomic E-state index is 9.12. The summed E-state index contributed by atoms with van der Waals surface area (Å²) in [5.41, 5.74) is 1.17. The molecule has 2 N–H and O–H groups in total. The Morgan fingerprint density at radius 1 is 1.12 bits per heavy atom. The molecule has 3 nitrogen and oxygen atoms in total. The highest BCUT2D eigenvalue weighted by atomic mass is 16.4. The van der Waals surface area contributed by atoms with Gasteiger partial charge in [-0.05, 0) is 5.56 Å². The molecule has 0 fully saturated rings. The minimum Gasteiger partial charge on any atom is -0.480 e. The van der Waals surface area contributed by atoms with Crippen LogP contribution in [0.5, 0.6) is 0 Å². The van der Waals surface area contributed by atoms with Gasteiger partial charge in [0, 0.05) is 0 Å². The number of carboxylic acid groups (broad SMARTS) is 1. The summed E-state index contributed by atoms with van der Waals surface area (Å²) in [5, 5.41) is 15.0. The van der Waals surface area contributed by atoms with Crippen LogP contribution in [0.4, 0.5) is 0 Å². The van der Waals surface area contributed by atoms with E-state index in [0.29, 0.717) is 0 Å². The van der Waals surface area contributed by atoms with Crippen LogP contribution >= 0.6 is 0 Å². The van der Waals surface area contributed by atoms with Gasteiger partial charge in [-0.1, -0.05) is 68.3 Å². The molecule has 1 rings (SSSR count). The quantitative estimate of drug-likeness (QED) is 0.791. The van der Waals surface area contributed by atoms with E-state index in [9.17, 15) is 0 Å². The first-order valence-corrected chi connectivity index (χ1v) is 4.85. The highest BCUT2D eigenvalue weighted by molar-refractivity contribution is 5.67. The van der Waals surface area contributed by atoms with E-state index < -0.39 is 12.6 Å². The van der Waals surface area contributed by atoms with Crippen LogP contribution in [0.2, 0.25) is 0 Å². The van der Waals surface area contributed by atoms with Gasteiger partial charge in [0.1, 0.15) is 6.61 Å². The van der Waals surface area contributed by atoms with E-state index >= 15 is 0 Å². The van der Waals surface area contributed by atoms with Crippen molar-refractivity contribution in [3.8, 4) is 0 Å². The van der Waals surface area contributed by atoms with Crippen molar-refractivity contribution in [1.29, 1.82) is 0 Å². The molecule has 1 aromatic rings. The Kier molecular flexibility index (Phi) is 14.1. The van der Waals surface area contributed by atoms with Crippen LogP contribution in [0.15, 0.2) is 62.2 Å². The molecule has 0 atom stereocenters. The number of aliphatic carboxylic acids is 1. The van der Waals surface area contributed by atoms with E-state index in [1.165, 1.54) is 5.56 Å². The molecule has 0 radical (unpaired) electrons. The highest BCUT2D eigenvalue weighted by Crippen LogP contribution is 1.97. The van der Waals surface area contributed by atoms with Crippen molar-refractivity contribution in [3.05, 3.63) is 67.8 Å². The average Bonchev–Trinajstić information content (AvgIpc) is 2.40. The number of aliphatic hydroxyl groups is 1. The summed E-state index contributed by atoms with van der Waals surface area (Å²) < 4.78 is 0. The second-order valence-electron chi connectivity index (χ2n) is 2.64. The summed E-state index contributed by atoms with van der Waals surface area (Å²) >= 11 is 0. The fourth-order valence-corrected chi connectivity index (χ4v) is 0.589. The average molecular weight is 234 g/mol. The van der Waals surface area contributed by atoms with Gasteiger partial charge < -0.3 is 10.2 Å². The van der Waals surface area contributed by atoms with Crippen LogP contribution < -0.4 is 0 Å². The minimum atomic E-state index is -1.19. The Morgan fingerprint density at radius 3 is 1.71 bits per heavy atom. The van der Waals surface area contributed by atoms with Crippen LogP contribution in [-0.2, 0) is 4.79 Å². The maximum Gasteiger partial charge on any atom is 0.329 e. The number of hydrogen-bond acceptors (Lipinski definition) is 2. The summed E-state index contributed by atoms with van der Waals surface area (Å²) in [4.78, 5) is 9.12. The number of carboxylic acids is 1. The van der Waals surface area contributed by atoms with Gasteiger partial charge >= 0.3 is 5.97 Å². The Hall–Kier alpha value is -2.13. The van der Waals surface area contributed by atoms with Gasteiger partial charge in [0.15, 0.2) is 0 Å². The lowest BCUT2D eigenvalue weighted by molar-refractivity contribution is -0.140. The van der Waals surface area contributed by atoms with E-state index in [-0.39, 0.29) is 0 Å². The van der Waals surface area contributed by atoms with Crippen molar-refractivity contribution >= 4 is 12.0 Å². The van der Waals surface area contributed by atoms with Crippen LogP contribution in [-0.4, -0.2) is 22.8 Å². The fraction of sp³-hybridized carbons (Fsp3) is 0.0714. The molecular formula is C14H18O3. The Labute approximate surface area is 102 Å². The van der Waals surface area contributed by atoms with Gasteiger partial charge in [-0.2, -0.15) is 0 Å². The summed E-state index contributed by atoms with van der Waals surface area (Å²) in [7, 11) is 0. The second kappa shape index (κ2) is 13.9. The monoisotopic (exact) mass is 234 g/mol. The topological polar surface area (TPSA) is 57.5 Å². The second-order valence-corrected chi connectivity index (χ2v) is 2.64. The normalized spacial score (nSPS) is 7.35. The van der Waals surface area contributed by atoms with Crippen molar-refractivity contribution < 1.29 is 15.0 Å². The fourth-order valence-electron chi connectivity index (χ4n) is 0.589. The first-order valence-electron chi connectivity index (χ1n) is 4.85. The molecule has 0 aliphatic heterocycles. The Bertz CT molecular complexity index is 323. The number of aliphatic hydroxyl groups excluding tert-OH is 1. The first-order chi connectivity index (χ1) is 8.12. The van der Waals surface area contributed by atoms with Gasteiger partial charge in [0.25, 0.3) is 0 Å². The predicted molar refractivity (Wildman–Crippen MR) is 71.6 cm³/mol. The van der Waals surface area contributed by atoms with Crippen molar-refractivity contribution in [2.75, 3.05) is 6.61 Å². The predicted octanol–water partition coefficient (Wildman–Crippen LogP) is 2.75. The summed E-state index contributed by atoms with van der Waals surface area (Å²) in [6.45, 7) is 9.58. The van der Waals surface area contributed by atoms with Gasteiger partial charge in [-0.3, -0.25) is 0 Å². The summed E-state index contributed by atoms with van der Waals surface area (Å²) in [6, 6.07) is 10.0. The third kappa shape index (κ3) is 16.5. The van der Waals surface area contributed by atoms with Crippen LogP contribution in [0, 0.1) is 0 Å². The molecule has 0 unspecified atom stereocenters. The number of hydrogen-bond donors (Lipinski definition) is 2. The van der Waals surface area contributed by atoms with Gasteiger partial charge in [0.2, 0.25) is 0 Å². The van der Waals surface area contributed by atoms with E-state index in [4.69, 9.17) is 15.0 Å². The zero-order chi connectivity index (χ0) is 13.5. The molecule has 0 saturated carbocycles. The van der Waals surface area contributed by atoms with Crippen molar-refractivity contribution in [2.24, 2.45) is 0 Å². The van der Waals surface area contributed by atoms with Gasteiger partial charge in [0.05, 0.1) is 0 Å². The van der Waals surface area contributed by atoms with Crippen molar-refractivity contribution in [2.45, 2.75) is 0 Å². The lowest BCUT2D eigenvalue weighted by atomic mass is 10.2. The largest absolute Gasteiger partial charge is 0.480 e. The molecule has 0 amide bonds. The highest BCUT2D eigenvalue weighted by Gasteiger charge is 1.82. The number of rotatable bonds is 3. The van der Waals surface area contributed by atoms with Crippen LogP contribution in [0.3, 0.4) is 0 Å². The third-order valence-electron chi connectivity index (χ3n) is 1.34. The smallest absolute Gasteiger partial charge is 0.329 e. The molecule has 0 spiro atoms. The first kappa shape index (κ1) is 17.3.